The number of aromatic nitrogens is 1. The Hall–Kier alpha value is -2.21. The maximum Gasteiger partial charge on any atom is 0.276 e. The molecule has 1 N–H and O–H groups in total. The van der Waals surface area contributed by atoms with E-state index in [1.165, 1.54) is 6.21 Å². The van der Waals surface area contributed by atoms with Crippen molar-refractivity contribution in [2.45, 2.75) is 18.2 Å². The summed E-state index contributed by atoms with van der Waals surface area (Å²) in [6, 6.07) is 10.3. The third kappa shape index (κ3) is 3.64. The molecule has 0 unspecified atom stereocenters. The number of nitrogens with zero attached hydrogens (tertiary/aromatic N) is 2. The molecule has 0 aliphatic heterocycles. The molecule has 104 valence electrons. The highest BCUT2D eigenvalue weighted by Crippen LogP contribution is 2.10. The normalized spacial score (nSPS) is 11.7. The first-order valence-corrected chi connectivity index (χ1v) is 7.64. The lowest BCUT2D eigenvalue weighted by molar-refractivity contribution is 0.584. The van der Waals surface area contributed by atoms with E-state index in [-0.39, 0.29) is 4.90 Å². The second-order valence-corrected chi connectivity index (χ2v) is 5.80. The molecule has 0 bridgehead atoms. The first-order chi connectivity index (χ1) is 9.62. The Labute approximate surface area is 118 Å². The van der Waals surface area contributed by atoms with Crippen molar-refractivity contribution >= 4 is 16.2 Å². The summed E-state index contributed by atoms with van der Waals surface area (Å²) >= 11 is 0. The highest BCUT2D eigenvalue weighted by molar-refractivity contribution is 7.89. The van der Waals surface area contributed by atoms with Crippen molar-refractivity contribution in [2.24, 2.45) is 5.10 Å². The lowest BCUT2D eigenvalue weighted by Gasteiger charge is -2.04. The van der Waals surface area contributed by atoms with Gasteiger partial charge in [-0.15, -0.1) is 0 Å². The van der Waals surface area contributed by atoms with Gasteiger partial charge in [-0.25, -0.2) is 4.83 Å². The average Bonchev–Trinajstić information content (AvgIpc) is 2.48. The van der Waals surface area contributed by atoms with E-state index in [0.29, 0.717) is 0 Å². The van der Waals surface area contributed by atoms with Crippen molar-refractivity contribution in [2.75, 3.05) is 0 Å². The third-order valence-corrected chi connectivity index (χ3v) is 3.95. The number of benzene rings is 1. The highest BCUT2D eigenvalue weighted by atomic mass is 32.2. The van der Waals surface area contributed by atoms with Gasteiger partial charge in [-0.2, -0.15) is 13.5 Å². The first kappa shape index (κ1) is 14.2. The predicted octanol–water partition coefficient (Wildman–Crippen LogP) is 1.96. The highest BCUT2D eigenvalue weighted by Gasteiger charge is 2.11. The molecule has 1 aromatic carbocycles. The fourth-order valence-corrected chi connectivity index (χ4v) is 2.37. The number of hydrogen-bond acceptors (Lipinski definition) is 4. The van der Waals surface area contributed by atoms with E-state index < -0.39 is 10.0 Å². The van der Waals surface area contributed by atoms with Gasteiger partial charge in [0.25, 0.3) is 10.0 Å². The second kappa shape index (κ2) is 6.29. The number of sulfonamides is 1. The zero-order valence-corrected chi connectivity index (χ0v) is 11.8. The van der Waals surface area contributed by atoms with Crippen LogP contribution in [0.1, 0.15) is 18.1 Å². The summed E-state index contributed by atoms with van der Waals surface area (Å²) < 4.78 is 24.0. The van der Waals surface area contributed by atoms with E-state index in [1.54, 1.807) is 48.8 Å². The maximum absolute atomic E-state index is 12.0. The van der Waals surface area contributed by atoms with Crippen molar-refractivity contribution in [3.63, 3.8) is 0 Å². The van der Waals surface area contributed by atoms with Crippen LogP contribution in [0.15, 0.2) is 58.8 Å². The van der Waals surface area contributed by atoms with Gasteiger partial charge in [-0.3, -0.25) is 4.98 Å². The molecule has 2 aromatic rings. The van der Waals surface area contributed by atoms with Crippen LogP contribution in [0, 0.1) is 0 Å². The molecule has 0 radical (unpaired) electrons. The van der Waals surface area contributed by atoms with E-state index in [2.05, 4.69) is 14.9 Å². The van der Waals surface area contributed by atoms with Crippen molar-refractivity contribution in [3.8, 4) is 0 Å². The van der Waals surface area contributed by atoms with E-state index in [4.69, 9.17) is 0 Å². The number of nitrogens with one attached hydrogen (secondary N) is 1. The molecule has 5 nitrogen and oxygen atoms in total. The Morgan fingerprint density at radius 1 is 1.25 bits per heavy atom. The molecule has 1 heterocycles. The number of hydrazone groups is 1. The first-order valence-electron chi connectivity index (χ1n) is 6.15. The summed E-state index contributed by atoms with van der Waals surface area (Å²) in [4.78, 5) is 6.28. The van der Waals surface area contributed by atoms with Gasteiger partial charge in [-0.1, -0.05) is 25.1 Å². The van der Waals surface area contributed by atoms with Gasteiger partial charge in [0.05, 0.1) is 11.1 Å². The van der Waals surface area contributed by atoms with Crippen LogP contribution in [0.5, 0.6) is 0 Å². The molecular weight excluding hydrogens is 274 g/mol. The largest absolute Gasteiger partial charge is 0.276 e. The van der Waals surface area contributed by atoms with E-state index in [1.807, 2.05) is 6.92 Å². The minimum atomic E-state index is -3.62. The van der Waals surface area contributed by atoms with Gasteiger partial charge in [-0.05, 0) is 30.2 Å². The van der Waals surface area contributed by atoms with Crippen LogP contribution in [0.3, 0.4) is 0 Å². The molecule has 0 atom stereocenters. The van der Waals surface area contributed by atoms with Crippen LogP contribution >= 0.6 is 0 Å². The molecule has 0 fully saturated rings. The van der Waals surface area contributed by atoms with E-state index in [9.17, 15) is 8.42 Å². The van der Waals surface area contributed by atoms with Gasteiger partial charge < -0.3 is 0 Å². The Morgan fingerprint density at radius 2 is 2.00 bits per heavy atom. The number of pyridine rings is 1. The molecule has 0 amide bonds. The van der Waals surface area contributed by atoms with Gasteiger partial charge in [0.2, 0.25) is 0 Å². The quantitative estimate of drug-likeness (QED) is 0.675. The van der Waals surface area contributed by atoms with Gasteiger partial charge in [0, 0.05) is 18.0 Å². The summed E-state index contributed by atoms with van der Waals surface area (Å²) in [5, 5.41) is 3.73. The third-order valence-electron chi connectivity index (χ3n) is 2.71. The lowest BCUT2D eigenvalue weighted by Crippen LogP contribution is -2.18. The van der Waals surface area contributed by atoms with Gasteiger partial charge in [0.15, 0.2) is 0 Å². The summed E-state index contributed by atoms with van der Waals surface area (Å²) in [5.41, 5.74) is 1.80. The van der Waals surface area contributed by atoms with Gasteiger partial charge in [0.1, 0.15) is 0 Å². The second-order valence-electron chi connectivity index (χ2n) is 4.14. The lowest BCUT2D eigenvalue weighted by atomic mass is 10.2. The van der Waals surface area contributed by atoms with Crippen LogP contribution in [-0.2, 0) is 16.4 Å². The molecule has 20 heavy (non-hydrogen) atoms. The fourth-order valence-electron chi connectivity index (χ4n) is 1.58. The van der Waals surface area contributed by atoms with Gasteiger partial charge >= 0.3 is 0 Å². The van der Waals surface area contributed by atoms with Crippen LogP contribution in [0.4, 0.5) is 0 Å². The summed E-state index contributed by atoms with van der Waals surface area (Å²) in [6.07, 6.45) is 5.50. The number of rotatable bonds is 5. The molecule has 6 heteroatoms. The van der Waals surface area contributed by atoms with Crippen LogP contribution < -0.4 is 4.83 Å². The maximum atomic E-state index is 12.0. The minimum absolute atomic E-state index is 0.193. The average molecular weight is 289 g/mol. The van der Waals surface area contributed by atoms with Crippen LogP contribution in [-0.4, -0.2) is 19.6 Å². The molecule has 0 aliphatic carbocycles. The Bertz CT molecular complexity index is 680. The van der Waals surface area contributed by atoms with Crippen LogP contribution in [0.2, 0.25) is 0 Å². The summed E-state index contributed by atoms with van der Waals surface area (Å²) in [7, 11) is -3.62. The Morgan fingerprint density at radius 3 is 2.60 bits per heavy atom. The molecule has 2 rings (SSSR count). The zero-order valence-electron chi connectivity index (χ0n) is 11.0. The molecule has 0 aliphatic rings. The van der Waals surface area contributed by atoms with E-state index in [0.717, 1.165) is 17.5 Å². The number of aryl methyl sites for hydroxylation is 1. The monoisotopic (exact) mass is 289 g/mol. The minimum Gasteiger partial charge on any atom is -0.264 e. The van der Waals surface area contributed by atoms with Crippen LogP contribution in [0.25, 0.3) is 0 Å². The SMILES string of the molecule is CCc1ccc(S(=O)(=O)N/N=C/c2cccnc2)cc1. The molecule has 0 saturated carbocycles. The number of hydrogen-bond donors (Lipinski definition) is 1. The van der Waals surface area contributed by atoms with Crippen molar-refractivity contribution in [3.05, 3.63) is 59.9 Å². The molecular formula is C14H15N3O2S. The zero-order chi connectivity index (χ0) is 14.4. The van der Waals surface area contributed by atoms with Crippen molar-refractivity contribution < 1.29 is 8.42 Å². The summed E-state index contributed by atoms with van der Waals surface area (Å²) in [6.45, 7) is 2.01. The Balaban J connectivity index is 2.09. The smallest absolute Gasteiger partial charge is 0.264 e. The molecule has 0 spiro atoms. The fraction of sp³-hybridized carbons (Fsp3) is 0.143. The summed E-state index contributed by atoms with van der Waals surface area (Å²) in [5.74, 6) is 0. The van der Waals surface area contributed by atoms with Crippen molar-refractivity contribution in [1.82, 2.24) is 9.82 Å². The van der Waals surface area contributed by atoms with E-state index >= 15 is 0 Å². The van der Waals surface area contributed by atoms with Crippen molar-refractivity contribution in [1.29, 1.82) is 0 Å². The Kier molecular flexibility index (Phi) is 4.47. The topological polar surface area (TPSA) is 71.4 Å². The molecule has 1 aromatic heterocycles. The molecule has 0 saturated heterocycles. The predicted molar refractivity (Wildman–Crippen MR) is 78.0 cm³/mol. The standard InChI is InChI=1S/C14H15N3O2S/c1-2-12-5-7-14(8-6-12)20(18,19)17-16-11-13-4-3-9-15-10-13/h3-11,17H,2H2,1H3/b16-11+.